The highest BCUT2D eigenvalue weighted by atomic mass is 15.0. The SMILES string of the molecule is c1ccc(-c2ccc(-n3c4ccccc4c4cc(-c5ccc6c(c5)c5ccccc5n6-c5cccc(-c6ccccc6)c5)ccc43)cc2)cc1.c1ccc(-n2c3ccccc3c3c(-c4ccc5c6ccccc6c6ccccc6c5c4)cccc32)cc1.c1ccc(-n2c3ccccc3c3ccc(-c4ccc5c6ccccc6n(-c6ccccc6)c5c4)cc32)cc1. The van der Waals surface area contributed by atoms with E-state index in [1.807, 2.05) is 0 Å². The molecule has 0 unspecified atom stereocenters. The number of para-hydroxylation sites is 8. The molecule has 0 aliphatic carbocycles. The molecule has 21 aromatic carbocycles. The molecule has 0 amide bonds. The summed E-state index contributed by atoms with van der Waals surface area (Å²) in [6, 6.07) is 174. The molecule has 5 heterocycles. The number of fused-ring (bicyclic) bond motifs is 21. The summed E-state index contributed by atoms with van der Waals surface area (Å²) < 4.78 is 11.9. The first-order chi connectivity index (χ1) is 62.0. The standard InChI is InChI=1S/C48H32N2.C36H24N2.C36H23N/c1-3-12-33(13-4-1)35-22-26-39(27-23-35)49-45-20-9-7-18-41(45)43-31-37(24-28-47(43)49)38-25-29-48-44(32-38)42-19-8-10-21-46(42)50(48)40-17-11-16-36(30-40)34-14-5-2-6-15-34;1-3-11-27(12-4-1)37-33-17-9-7-15-29(33)31-21-19-25(23-35(31)37)26-20-22-32-30-16-8-10-18-34(30)38(36(32)24-26)28-13-5-2-6-14-28;1-2-11-25(12-3-1)37-34-19-9-8-17-32(34)36-26(18-10-20-35(36)37)24-21-22-31-29-15-5-4-13-27(29)28-14-6-7-16-30(28)33(31)23-24/h1-32H;1-24H;1-23H. The Labute approximate surface area is 722 Å². The summed E-state index contributed by atoms with van der Waals surface area (Å²) in [5.41, 5.74) is 30.3. The van der Waals surface area contributed by atoms with Crippen molar-refractivity contribution in [3.63, 3.8) is 0 Å². The van der Waals surface area contributed by atoms with Gasteiger partial charge >= 0.3 is 0 Å². The van der Waals surface area contributed by atoms with Crippen molar-refractivity contribution >= 4 is 141 Å². The third kappa shape index (κ3) is 12.3. The van der Waals surface area contributed by atoms with Gasteiger partial charge in [-0.05, 0) is 227 Å². The normalized spacial score (nSPS) is 11.7. The minimum atomic E-state index is 1.16. The topological polar surface area (TPSA) is 24.6 Å². The van der Waals surface area contributed by atoms with Crippen LogP contribution in [0.2, 0.25) is 0 Å². The zero-order valence-electron chi connectivity index (χ0n) is 68.3. The highest BCUT2D eigenvalue weighted by molar-refractivity contribution is 6.27. The molecule has 5 aromatic heterocycles. The zero-order valence-corrected chi connectivity index (χ0v) is 68.3. The molecule has 0 atom stereocenters. The van der Waals surface area contributed by atoms with Crippen LogP contribution in [0.25, 0.3) is 225 Å². The average molecular weight is 1590 g/mol. The monoisotopic (exact) mass is 1590 g/mol. The number of rotatable bonds is 10. The summed E-state index contributed by atoms with van der Waals surface area (Å²) >= 11 is 0. The molecule has 0 spiro atoms. The van der Waals surface area contributed by atoms with Gasteiger partial charge in [-0.1, -0.05) is 340 Å². The van der Waals surface area contributed by atoms with E-state index in [4.69, 9.17) is 0 Å². The Morgan fingerprint density at radius 2 is 0.352 bits per heavy atom. The quantitative estimate of drug-likeness (QED) is 0.122. The van der Waals surface area contributed by atoms with Crippen molar-refractivity contribution in [2.75, 3.05) is 0 Å². The third-order valence-corrected chi connectivity index (χ3v) is 25.6. The van der Waals surface area contributed by atoms with Crippen LogP contribution in [0, 0.1) is 0 Å². The molecule has 0 saturated carbocycles. The summed E-state index contributed by atoms with van der Waals surface area (Å²) in [7, 11) is 0. The van der Waals surface area contributed by atoms with E-state index in [0.717, 1.165) is 11.4 Å². The van der Waals surface area contributed by atoms with E-state index in [2.05, 4.69) is 502 Å². The Balaban J connectivity index is 0.000000107. The maximum atomic E-state index is 2.40. The van der Waals surface area contributed by atoms with Crippen LogP contribution in [0.4, 0.5) is 0 Å². The van der Waals surface area contributed by atoms with Gasteiger partial charge in [-0.3, -0.25) is 0 Å². The van der Waals surface area contributed by atoms with Crippen molar-refractivity contribution in [2.45, 2.75) is 0 Å². The van der Waals surface area contributed by atoms with Gasteiger partial charge < -0.3 is 22.8 Å². The van der Waals surface area contributed by atoms with Gasteiger partial charge in [0.15, 0.2) is 0 Å². The van der Waals surface area contributed by atoms with Crippen LogP contribution < -0.4 is 0 Å². The molecule has 26 rings (SSSR count). The minimum absolute atomic E-state index is 1.16. The fraction of sp³-hybridized carbons (Fsp3) is 0. The van der Waals surface area contributed by atoms with Gasteiger partial charge in [0.2, 0.25) is 0 Å². The Morgan fingerprint density at radius 1 is 0.104 bits per heavy atom. The van der Waals surface area contributed by atoms with Crippen LogP contribution in [0.15, 0.2) is 479 Å². The maximum absolute atomic E-state index is 2.40. The van der Waals surface area contributed by atoms with Crippen LogP contribution in [-0.2, 0) is 0 Å². The number of nitrogens with zero attached hydrogens (tertiary/aromatic N) is 5. The van der Waals surface area contributed by atoms with E-state index in [0.29, 0.717) is 0 Å². The predicted octanol–water partition coefficient (Wildman–Crippen LogP) is 32.3. The highest BCUT2D eigenvalue weighted by Gasteiger charge is 2.22. The van der Waals surface area contributed by atoms with Gasteiger partial charge in [0.25, 0.3) is 0 Å². The van der Waals surface area contributed by atoms with Crippen molar-refractivity contribution < 1.29 is 0 Å². The van der Waals surface area contributed by atoms with Crippen molar-refractivity contribution in [1.29, 1.82) is 0 Å². The molecule has 584 valence electrons. The van der Waals surface area contributed by atoms with E-state index >= 15 is 0 Å². The van der Waals surface area contributed by atoms with E-state index in [1.165, 1.54) is 214 Å². The van der Waals surface area contributed by atoms with Crippen LogP contribution in [0.5, 0.6) is 0 Å². The molecular weight excluding hydrogens is 1510 g/mol. The van der Waals surface area contributed by atoms with Crippen molar-refractivity contribution in [1.82, 2.24) is 22.8 Å². The van der Waals surface area contributed by atoms with E-state index in [9.17, 15) is 0 Å². The lowest BCUT2D eigenvalue weighted by molar-refractivity contribution is 1.18. The first-order valence-corrected chi connectivity index (χ1v) is 43.0. The second-order valence-electron chi connectivity index (χ2n) is 32.6. The van der Waals surface area contributed by atoms with Crippen LogP contribution >= 0.6 is 0 Å². The molecule has 0 N–H and O–H groups in total. The lowest BCUT2D eigenvalue weighted by Gasteiger charge is -2.13. The largest absolute Gasteiger partial charge is 0.309 e. The van der Waals surface area contributed by atoms with Gasteiger partial charge in [0.1, 0.15) is 0 Å². The Bertz CT molecular complexity index is 8500. The van der Waals surface area contributed by atoms with E-state index in [-0.39, 0.29) is 0 Å². The summed E-state index contributed by atoms with van der Waals surface area (Å²) in [6.45, 7) is 0. The molecule has 0 bridgehead atoms. The van der Waals surface area contributed by atoms with Gasteiger partial charge in [-0.2, -0.15) is 0 Å². The predicted molar refractivity (Wildman–Crippen MR) is 531 cm³/mol. The molecule has 125 heavy (non-hydrogen) atoms. The first-order valence-electron chi connectivity index (χ1n) is 43.0. The summed E-state index contributed by atoms with van der Waals surface area (Å²) in [6.07, 6.45) is 0. The van der Waals surface area contributed by atoms with Crippen molar-refractivity contribution in [3.8, 4) is 84.1 Å². The van der Waals surface area contributed by atoms with Gasteiger partial charge in [0, 0.05) is 82.3 Å². The lowest BCUT2D eigenvalue weighted by Crippen LogP contribution is -1.94. The van der Waals surface area contributed by atoms with Gasteiger partial charge in [-0.15, -0.1) is 0 Å². The zero-order chi connectivity index (χ0) is 82.4. The molecule has 0 fully saturated rings. The Kier molecular flexibility index (Phi) is 17.5. The molecule has 5 heteroatoms. The number of benzene rings is 21. The van der Waals surface area contributed by atoms with Crippen molar-refractivity contribution in [3.05, 3.63) is 479 Å². The number of hydrogen-bond donors (Lipinski definition) is 0. The maximum Gasteiger partial charge on any atom is 0.0547 e. The lowest BCUT2D eigenvalue weighted by atomic mass is 9.91. The first kappa shape index (κ1) is 72.4. The summed E-state index contributed by atoms with van der Waals surface area (Å²) in [5.74, 6) is 0. The summed E-state index contributed by atoms with van der Waals surface area (Å²) in [4.78, 5) is 0. The molecule has 5 nitrogen and oxygen atoms in total. The van der Waals surface area contributed by atoms with Crippen molar-refractivity contribution in [2.24, 2.45) is 0 Å². The van der Waals surface area contributed by atoms with E-state index in [1.54, 1.807) is 0 Å². The highest BCUT2D eigenvalue weighted by Crippen LogP contribution is 2.46. The Morgan fingerprint density at radius 3 is 0.824 bits per heavy atom. The minimum Gasteiger partial charge on any atom is -0.309 e. The second kappa shape index (κ2) is 30.3. The molecule has 0 aliphatic rings. The van der Waals surface area contributed by atoms with Gasteiger partial charge in [0.05, 0.1) is 55.2 Å². The van der Waals surface area contributed by atoms with Crippen LogP contribution in [-0.4, -0.2) is 22.8 Å². The van der Waals surface area contributed by atoms with Gasteiger partial charge in [-0.25, -0.2) is 0 Å². The molecule has 26 aromatic rings. The van der Waals surface area contributed by atoms with E-state index < -0.39 is 0 Å². The third-order valence-electron chi connectivity index (χ3n) is 25.6. The fourth-order valence-electron chi connectivity index (χ4n) is 20.0. The van der Waals surface area contributed by atoms with Crippen LogP contribution in [0.1, 0.15) is 0 Å². The molecule has 0 radical (unpaired) electrons. The average Bonchev–Trinajstić information content (AvgIpc) is 1.61. The molecule has 0 saturated heterocycles. The summed E-state index contributed by atoms with van der Waals surface area (Å²) in [5, 5.41) is 20.5. The molecule has 0 aliphatic heterocycles. The number of aromatic nitrogens is 5. The molecular formula is C120H79N5. The fourth-order valence-corrected chi connectivity index (χ4v) is 20.0. The van der Waals surface area contributed by atoms with Crippen LogP contribution in [0.3, 0.4) is 0 Å². The second-order valence-corrected chi connectivity index (χ2v) is 32.6. The number of hydrogen-bond acceptors (Lipinski definition) is 0. The smallest absolute Gasteiger partial charge is 0.0547 e. The Hall–Kier alpha value is -16.6.